The summed E-state index contributed by atoms with van der Waals surface area (Å²) < 4.78 is 10.5. The first-order chi connectivity index (χ1) is 9.72. The molecule has 0 aliphatic carbocycles. The van der Waals surface area contributed by atoms with Crippen LogP contribution in [0.4, 0.5) is 0 Å². The van der Waals surface area contributed by atoms with Gasteiger partial charge in [0.1, 0.15) is 11.7 Å². The Balaban J connectivity index is 1.73. The van der Waals surface area contributed by atoms with Crippen LogP contribution >= 0.6 is 0 Å². The molecule has 3 rings (SSSR count). The average Bonchev–Trinajstić information content (AvgIpc) is 2.90. The average molecular weight is 272 g/mol. The monoisotopic (exact) mass is 272 g/mol. The van der Waals surface area contributed by atoms with E-state index in [4.69, 9.17) is 9.26 Å². The molecular weight excluding hydrogens is 256 g/mol. The van der Waals surface area contributed by atoms with E-state index in [-0.39, 0.29) is 5.78 Å². The minimum atomic E-state index is -0.400. The molecule has 1 fully saturated rings. The zero-order valence-electron chi connectivity index (χ0n) is 11.3. The van der Waals surface area contributed by atoms with Crippen molar-refractivity contribution in [3.63, 3.8) is 0 Å². The van der Waals surface area contributed by atoms with Crippen LogP contribution in [0, 0.1) is 6.92 Å². The van der Waals surface area contributed by atoms with E-state index in [1.165, 1.54) is 5.56 Å². The topological polar surface area (TPSA) is 65.2 Å². The molecule has 104 valence electrons. The number of carbonyl (C=O) groups excluding carboxylic acids is 1. The lowest BCUT2D eigenvalue weighted by atomic mass is 10.0. The first-order valence-electron chi connectivity index (χ1n) is 6.71. The molecule has 2 aromatic rings. The predicted octanol–water partition coefficient (Wildman–Crippen LogP) is 2.04. The zero-order valence-corrected chi connectivity index (χ0v) is 11.3. The van der Waals surface area contributed by atoms with Gasteiger partial charge in [-0.2, -0.15) is 4.98 Å². The molecule has 2 heterocycles. The summed E-state index contributed by atoms with van der Waals surface area (Å²) in [4.78, 5) is 16.1. The van der Waals surface area contributed by atoms with Gasteiger partial charge in [-0.25, -0.2) is 0 Å². The van der Waals surface area contributed by atoms with Crippen molar-refractivity contribution in [1.29, 1.82) is 0 Å². The molecule has 1 aliphatic rings. The summed E-state index contributed by atoms with van der Waals surface area (Å²) in [5.41, 5.74) is 2.33. The van der Waals surface area contributed by atoms with Gasteiger partial charge in [0.05, 0.1) is 13.2 Å². The first-order valence-corrected chi connectivity index (χ1v) is 6.71. The quantitative estimate of drug-likeness (QED) is 0.855. The maximum absolute atomic E-state index is 11.8. The second kappa shape index (κ2) is 5.54. The fourth-order valence-corrected chi connectivity index (χ4v) is 2.22. The van der Waals surface area contributed by atoms with Crippen LogP contribution in [0.2, 0.25) is 0 Å². The van der Waals surface area contributed by atoms with Crippen LogP contribution in [0.1, 0.15) is 35.2 Å². The van der Waals surface area contributed by atoms with Crippen LogP contribution in [0.15, 0.2) is 28.8 Å². The van der Waals surface area contributed by atoms with Crippen molar-refractivity contribution in [1.82, 2.24) is 10.1 Å². The Morgan fingerprint density at radius 2 is 2.10 bits per heavy atom. The Kier molecular flexibility index (Phi) is 3.60. The number of ether oxygens (including phenoxy) is 1. The van der Waals surface area contributed by atoms with Crippen molar-refractivity contribution < 1.29 is 14.1 Å². The van der Waals surface area contributed by atoms with E-state index in [1.807, 2.05) is 19.1 Å². The molecule has 0 spiro atoms. The Hall–Kier alpha value is -2.01. The smallest absolute Gasteiger partial charge is 0.239 e. The number of aromatic nitrogens is 2. The highest BCUT2D eigenvalue weighted by atomic mass is 16.5. The molecule has 0 saturated carbocycles. The second-order valence-electron chi connectivity index (χ2n) is 5.06. The summed E-state index contributed by atoms with van der Waals surface area (Å²) >= 11 is 0. The lowest BCUT2D eigenvalue weighted by Crippen LogP contribution is -2.25. The van der Waals surface area contributed by atoms with Crippen molar-refractivity contribution in [3.8, 4) is 0 Å². The summed E-state index contributed by atoms with van der Waals surface area (Å²) in [6.45, 7) is 2.87. The molecule has 5 nitrogen and oxygen atoms in total. The van der Waals surface area contributed by atoms with Crippen LogP contribution in [0.5, 0.6) is 0 Å². The molecule has 0 bridgehead atoms. The molecule has 5 heteroatoms. The molecule has 0 radical (unpaired) electrons. The summed E-state index contributed by atoms with van der Waals surface area (Å²) in [7, 11) is 0. The van der Waals surface area contributed by atoms with Crippen LogP contribution in [-0.4, -0.2) is 29.1 Å². The normalized spacial score (nSPS) is 19.2. The van der Waals surface area contributed by atoms with Gasteiger partial charge in [0.2, 0.25) is 5.89 Å². The molecule has 1 aromatic carbocycles. The molecule has 1 unspecified atom stereocenters. The third kappa shape index (κ3) is 2.77. The van der Waals surface area contributed by atoms with Crippen LogP contribution in [0.3, 0.4) is 0 Å². The van der Waals surface area contributed by atoms with Gasteiger partial charge < -0.3 is 9.26 Å². The zero-order chi connectivity index (χ0) is 13.9. The molecule has 1 saturated heterocycles. The highest BCUT2D eigenvalue weighted by molar-refractivity contribution is 5.85. The van der Waals surface area contributed by atoms with Gasteiger partial charge in [-0.15, -0.1) is 0 Å². The van der Waals surface area contributed by atoms with Gasteiger partial charge in [-0.1, -0.05) is 35.0 Å². The number of carbonyl (C=O) groups is 1. The number of ketones is 1. The predicted molar refractivity (Wildman–Crippen MR) is 71.5 cm³/mol. The van der Waals surface area contributed by atoms with Crippen molar-refractivity contribution in [2.75, 3.05) is 13.2 Å². The van der Waals surface area contributed by atoms with Crippen molar-refractivity contribution in [3.05, 3.63) is 47.1 Å². The van der Waals surface area contributed by atoms with Crippen molar-refractivity contribution >= 4 is 5.78 Å². The lowest BCUT2D eigenvalue weighted by Gasteiger charge is -2.17. The number of hydrogen-bond acceptors (Lipinski definition) is 5. The highest BCUT2D eigenvalue weighted by Crippen LogP contribution is 2.21. The number of benzene rings is 1. The standard InChI is InChI=1S/C15H16N2O3/c1-10-2-4-11(5-3-10)8-14-16-15(20-17-14)12-9-19-7-6-13(12)18/h2-5,12H,6-9H2,1H3. The number of rotatable bonds is 3. The fraction of sp³-hybridized carbons (Fsp3) is 0.400. The Morgan fingerprint density at radius 3 is 2.85 bits per heavy atom. The Bertz CT molecular complexity index is 604. The van der Waals surface area contributed by atoms with Gasteiger partial charge >= 0.3 is 0 Å². The second-order valence-corrected chi connectivity index (χ2v) is 5.06. The van der Waals surface area contributed by atoms with E-state index in [1.54, 1.807) is 0 Å². The summed E-state index contributed by atoms with van der Waals surface area (Å²) in [6, 6.07) is 8.18. The number of hydrogen-bond donors (Lipinski definition) is 0. The molecule has 0 amide bonds. The largest absolute Gasteiger partial charge is 0.380 e. The molecule has 20 heavy (non-hydrogen) atoms. The van der Waals surface area contributed by atoms with E-state index < -0.39 is 5.92 Å². The summed E-state index contributed by atoms with van der Waals surface area (Å²) in [6.07, 6.45) is 1.02. The van der Waals surface area contributed by atoms with Crippen molar-refractivity contribution in [2.24, 2.45) is 0 Å². The Morgan fingerprint density at radius 1 is 1.30 bits per heavy atom. The van der Waals surface area contributed by atoms with E-state index >= 15 is 0 Å². The van der Waals surface area contributed by atoms with Gasteiger partial charge in [-0.05, 0) is 12.5 Å². The Labute approximate surface area is 116 Å². The van der Waals surface area contributed by atoms with Gasteiger partial charge in [-0.3, -0.25) is 4.79 Å². The SMILES string of the molecule is Cc1ccc(Cc2noc(C3COCCC3=O)n2)cc1. The minimum absolute atomic E-state index is 0.113. The summed E-state index contributed by atoms with van der Waals surface area (Å²) in [5, 5.41) is 3.95. The van der Waals surface area contributed by atoms with E-state index in [9.17, 15) is 4.79 Å². The fourth-order valence-electron chi connectivity index (χ4n) is 2.22. The molecule has 1 aliphatic heterocycles. The third-order valence-electron chi connectivity index (χ3n) is 3.43. The lowest BCUT2D eigenvalue weighted by molar-refractivity contribution is -0.127. The molecule has 1 aromatic heterocycles. The third-order valence-corrected chi connectivity index (χ3v) is 3.43. The van der Waals surface area contributed by atoms with Crippen LogP contribution in [0.25, 0.3) is 0 Å². The summed E-state index contributed by atoms with van der Waals surface area (Å²) in [5.74, 6) is 0.684. The number of nitrogens with zero attached hydrogens (tertiary/aromatic N) is 2. The highest BCUT2D eigenvalue weighted by Gasteiger charge is 2.29. The molecular formula is C15H16N2O3. The molecule has 1 atom stereocenters. The molecule has 0 N–H and O–H groups in total. The van der Waals surface area contributed by atoms with Gasteiger partial charge in [0.15, 0.2) is 5.82 Å². The minimum Gasteiger partial charge on any atom is -0.380 e. The van der Waals surface area contributed by atoms with Gasteiger partial charge in [0.25, 0.3) is 0 Å². The van der Waals surface area contributed by atoms with Gasteiger partial charge in [0, 0.05) is 12.8 Å². The maximum Gasteiger partial charge on any atom is 0.239 e. The van der Waals surface area contributed by atoms with E-state index in [2.05, 4.69) is 22.3 Å². The van der Waals surface area contributed by atoms with Crippen LogP contribution < -0.4 is 0 Å². The van der Waals surface area contributed by atoms with Crippen molar-refractivity contribution in [2.45, 2.75) is 25.7 Å². The van der Waals surface area contributed by atoms with E-state index in [0.29, 0.717) is 37.8 Å². The number of aryl methyl sites for hydroxylation is 1. The van der Waals surface area contributed by atoms with Crippen LogP contribution in [-0.2, 0) is 16.0 Å². The first kappa shape index (κ1) is 13.0. The maximum atomic E-state index is 11.8. The number of Topliss-reactive ketones (excluding diaryl/α,β-unsaturated/α-hetero) is 1. The van der Waals surface area contributed by atoms with E-state index in [0.717, 1.165) is 5.56 Å².